The minimum absolute atomic E-state index is 0.0111. The van der Waals surface area contributed by atoms with Crippen molar-refractivity contribution in [1.29, 1.82) is 0 Å². The van der Waals surface area contributed by atoms with Gasteiger partial charge < -0.3 is 14.5 Å². The Bertz CT molecular complexity index is 916. The van der Waals surface area contributed by atoms with Gasteiger partial charge in [0.25, 0.3) is 5.91 Å². The molecule has 2 aromatic heterocycles. The Morgan fingerprint density at radius 3 is 2.71 bits per heavy atom. The zero-order chi connectivity index (χ0) is 19.3. The number of ether oxygens (including phenoxy) is 1. The normalized spacial score (nSPS) is 16.0. The number of aryl methyl sites for hydroxylation is 1. The summed E-state index contributed by atoms with van der Waals surface area (Å²) in [7, 11) is 0. The lowest BCUT2D eigenvalue weighted by molar-refractivity contribution is 0.0117. The minimum Gasteiger partial charge on any atom is -0.465 e. The number of morpholine rings is 1. The summed E-state index contributed by atoms with van der Waals surface area (Å²) in [6.45, 7) is 5.43. The van der Waals surface area contributed by atoms with Crippen LogP contribution in [0.3, 0.4) is 0 Å². The van der Waals surface area contributed by atoms with Crippen molar-refractivity contribution in [1.82, 2.24) is 15.2 Å². The van der Waals surface area contributed by atoms with E-state index < -0.39 is 0 Å². The van der Waals surface area contributed by atoms with Gasteiger partial charge in [-0.1, -0.05) is 30.3 Å². The van der Waals surface area contributed by atoms with E-state index >= 15 is 0 Å². The largest absolute Gasteiger partial charge is 0.465 e. The van der Waals surface area contributed by atoms with Gasteiger partial charge in [-0.3, -0.25) is 9.69 Å². The van der Waals surface area contributed by atoms with E-state index in [0.717, 1.165) is 35.2 Å². The van der Waals surface area contributed by atoms with E-state index in [2.05, 4.69) is 15.2 Å². The van der Waals surface area contributed by atoms with Crippen LogP contribution < -0.4 is 5.32 Å². The van der Waals surface area contributed by atoms with Crippen LogP contribution in [0.4, 0.5) is 0 Å². The lowest BCUT2D eigenvalue weighted by Crippen LogP contribution is -2.43. The molecule has 1 fully saturated rings. The Kier molecular flexibility index (Phi) is 5.85. The van der Waals surface area contributed by atoms with Crippen LogP contribution >= 0.6 is 11.3 Å². The van der Waals surface area contributed by atoms with Crippen LogP contribution in [0, 0.1) is 6.92 Å². The van der Waals surface area contributed by atoms with Gasteiger partial charge in [-0.15, -0.1) is 11.3 Å². The van der Waals surface area contributed by atoms with Gasteiger partial charge in [-0.25, -0.2) is 4.98 Å². The average molecular weight is 398 g/mol. The van der Waals surface area contributed by atoms with Crippen molar-refractivity contribution >= 4 is 17.2 Å². The molecule has 1 N–H and O–H groups in total. The Labute approximate surface area is 168 Å². The molecule has 6 nitrogen and oxygen atoms in total. The van der Waals surface area contributed by atoms with E-state index in [1.165, 1.54) is 11.3 Å². The third-order valence-corrected chi connectivity index (χ3v) is 5.83. The van der Waals surface area contributed by atoms with Crippen LogP contribution in [0.15, 0.2) is 53.1 Å². The molecular weight excluding hydrogens is 374 g/mol. The highest BCUT2D eigenvalue weighted by Crippen LogP contribution is 2.26. The fourth-order valence-electron chi connectivity index (χ4n) is 3.30. The first-order chi connectivity index (χ1) is 13.7. The summed E-state index contributed by atoms with van der Waals surface area (Å²) in [6.07, 6.45) is 1.64. The number of carbonyl (C=O) groups excluding carboxylic acids is 1. The summed E-state index contributed by atoms with van der Waals surface area (Å²) in [4.78, 5) is 20.0. The van der Waals surface area contributed by atoms with Crippen LogP contribution in [0.5, 0.6) is 0 Å². The fraction of sp³-hybridized carbons (Fsp3) is 0.333. The number of hydrogen-bond donors (Lipinski definition) is 1. The Morgan fingerprint density at radius 1 is 1.21 bits per heavy atom. The molecule has 3 aromatic rings. The zero-order valence-electron chi connectivity index (χ0n) is 15.8. The van der Waals surface area contributed by atoms with E-state index in [1.54, 1.807) is 6.20 Å². The number of thiazole rings is 1. The highest BCUT2D eigenvalue weighted by Gasteiger charge is 2.26. The Hall–Kier alpha value is -2.48. The van der Waals surface area contributed by atoms with Gasteiger partial charge in [0.2, 0.25) is 0 Å². The van der Waals surface area contributed by atoms with Crippen molar-refractivity contribution in [3.05, 3.63) is 65.1 Å². The van der Waals surface area contributed by atoms with E-state index in [4.69, 9.17) is 9.15 Å². The molecule has 146 valence electrons. The van der Waals surface area contributed by atoms with Crippen LogP contribution in [0.1, 0.15) is 27.2 Å². The molecule has 1 aliphatic rings. The van der Waals surface area contributed by atoms with Crippen molar-refractivity contribution in [3.8, 4) is 10.6 Å². The molecule has 0 bridgehead atoms. The molecule has 1 atom stereocenters. The summed E-state index contributed by atoms with van der Waals surface area (Å²) in [5, 5.41) is 3.90. The van der Waals surface area contributed by atoms with Crippen molar-refractivity contribution in [2.45, 2.75) is 13.0 Å². The van der Waals surface area contributed by atoms with Crippen molar-refractivity contribution < 1.29 is 13.9 Å². The van der Waals surface area contributed by atoms with Gasteiger partial charge in [-0.05, 0) is 19.1 Å². The number of benzene rings is 1. The first-order valence-corrected chi connectivity index (χ1v) is 10.2. The number of aromatic nitrogens is 1. The summed E-state index contributed by atoms with van der Waals surface area (Å²) in [5.41, 5.74) is 1.02. The predicted octanol–water partition coefficient (Wildman–Crippen LogP) is 3.51. The van der Waals surface area contributed by atoms with E-state index in [0.29, 0.717) is 24.6 Å². The van der Waals surface area contributed by atoms with Crippen LogP contribution in [-0.4, -0.2) is 48.6 Å². The quantitative estimate of drug-likeness (QED) is 0.689. The Balaban J connectivity index is 1.45. The van der Waals surface area contributed by atoms with Gasteiger partial charge in [0.05, 0.1) is 25.5 Å². The number of nitrogens with one attached hydrogen (secondary N) is 1. The molecule has 1 saturated heterocycles. The van der Waals surface area contributed by atoms with Crippen LogP contribution in [0.2, 0.25) is 0 Å². The number of carbonyl (C=O) groups is 1. The van der Waals surface area contributed by atoms with Crippen molar-refractivity contribution in [2.75, 3.05) is 32.8 Å². The van der Waals surface area contributed by atoms with Gasteiger partial charge >= 0.3 is 0 Å². The second-order valence-electron chi connectivity index (χ2n) is 6.72. The van der Waals surface area contributed by atoms with Gasteiger partial charge in [0.1, 0.15) is 21.4 Å². The second kappa shape index (κ2) is 8.68. The smallest absolute Gasteiger partial charge is 0.263 e. The molecule has 0 aliphatic carbocycles. The van der Waals surface area contributed by atoms with Gasteiger partial charge in [0, 0.05) is 25.2 Å². The summed E-state index contributed by atoms with van der Waals surface area (Å²) in [5.74, 6) is 1.63. The molecule has 1 amide bonds. The highest BCUT2D eigenvalue weighted by atomic mass is 32.1. The average Bonchev–Trinajstić information content (AvgIpc) is 3.39. The topological polar surface area (TPSA) is 67.6 Å². The number of rotatable bonds is 6. The standard InChI is InChI=1S/C21H23N3O3S/c1-15-7-8-18(27-15)17(24-9-11-26-12-10-24)13-22-20(25)19-14-23-21(28-19)16-5-3-2-4-6-16/h2-8,14,17H,9-13H2,1H3,(H,22,25)/t17-/m0/s1. The van der Waals surface area contributed by atoms with Crippen molar-refractivity contribution in [3.63, 3.8) is 0 Å². The van der Waals surface area contributed by atoms with E-state index in [1.807, 2.05) is 49.4 Å². The lowest BCUT2D eigenvalue weighted by atomic mass is 10.1. The summed E-state index contributed by atoms with van der Waals surface area (Å²) in [6, 6.07) is 13.8. The lowest BCUT2D eigenvalue weighted by Gasteiger charge is -2.33. The summed E-state index contributed by atoms with van der Waals surface area (Å²) < 4.78 is 11.3. The number of nitrogens with zero attached hydrogens (tertiary/aromatic N) is 2. The molecule has 0 unspecified atom stereocenters. The molecule has 0 saturated carbocycles. The number of furan rings is 1. The molecule has 4 rings (SSSR count). The SMILES string of the molecule is Cc1ccc([C@H](CNC(=O)c2cnc(-c3ccccc3)s2)N2CCOCC2)o1. The molecule has 28 heavy (non-hydrogen) atoms. The first-order valence-electron chi connectivity index (χ1n) is 9.38. The fourth-order valence-corrected chi connectivity index (χ4v) is 4.14. The monoisotopic (exact) mass is 397 g/mol. The molecule has 3 heterocycles. The molecular formula is C21H23N3O3S. The maximum Gasteiger partial charge on any atom is 0.263 e. The first kappa shape index (κ1) is 18.9. The molecule has 1 aliphatic heterocycles. The third-order valence-electron chi connectivity index (χ3n) is 4.78. The maximum absolute atomic E-state index is 12.7. The number of amides is 1. The Morgan fingerprint density at radius 2 is 2.00 bits per heavy atom. The van der Waals surface area contributed by atoms with Gasteiger partial charge in [0.15, 0.2) is 0 Å². The maximum atomic E-state index is 12.7. The molecule has 0 spiro atoms. The highest BCUT2D eigenvalue weighted by molar-refractivity contribution is 7.16. The predicted molar refractivity (Wildman–Crippen MR) is 108 cm³/mol. The van der Waals surface area contributed by atoms with Crippen LogP contribution in [0.25, 0.3) is 10.6 Å². The zero-order valence-corrected chi connectivity index (χ0v) is 16.6. The second-order valence-corrected chi connectivity index (χ2v) is 7.75. The minimum atomic E-state index is -0.110. The van der Waals surface area contributed by atoms with E-state index in [9.17, 15) is 4.79 Å². The van der Waals surface area contributed by atoms with Crippen LogP contribution in [-0.2, 0) is 4.74 Å². The van der Waals surface area contributed by atoms with Crippen molar-refractivity contribution in [2.24, 2.45) is 0 Å². The molecule has 1 aromatic carbocycles. The van der Waals surface area contributed by atoms with E-state index in [-0.39, 0.29) is 11.9 Å². The third kappa shape index (κ3) is 4.32. The summed E-state index contributed by atoms with van der Waals surface area (Å²) >= 11 is 1.40. The molecule has 7 heteroatoms. The molecule has 0 radical (unpaired) electrons. The number of hydrogen-bond acceptors (Lipinski definition) is 6. The van der Waals surface area contributed by atoms with Gasteiger partial charge in [-0.2, -0.15) is 0 Å².